The van der Waals surface area contributed by atoms with E-state index in [4.69, 9.17) is 0 Å². The first-order chi connectivity index (χ1) is 17.4. The molecule has 1 saturated heterocycles. The van der Waals surface area contributed by atoms with E-state index >= 15 is 0 Å². The Morgan fingerprint density at radius 2 is 1.92 bits per heavy atom. The maximum absolute atomic E-state index is 13.1. The summed E-state index contributed by atoms with van der Waals surface area (Å²) in [5.41, 5.74) is 2.19. The molecule has 3 amide bonds. The number of nitrogens with zero attached hydrogens (tertiary/aromatic N) is 1. The van der Waals surface area contributed by atoms with Crippen LogP contribution in [0.2, 0.25) is 0 Å². The lowest BCUT2D eigenvalue weighted by Crippen LogP contribution is -2.54. The van der Waals surface area contributed by atoms with Crippen molar-refractivity contribution in [1.82, 2.24) is 36.2 Å². The molecule has 0 spiro atoms. The molecule has 12 nitrogen and oxygen atoms in total. The zero-order valence-corrected chi connectivity index (χ0v) is 19.5. The molecule has 1 aliphatic heterocycles. The summed E-state index contributed by atoms with van der Waals surface area (Å²) in [7, 11) is 0. The van der Waals surface area contributed by atoms with Crippen molar-refractivity contribution in [2.24, 2.45) is 0 Å². The highest BCUT2D eigenvalue weighted by Crippen LogP contribution is 2.19. The zero-order chi connectivity index (χ0) is 25.5. The smallest absolute Gasteiger partial charge is 0.326 e. The number of hydrogen-bond donors (Lipinski definition) is 7. The van der Waals surface area contributed by atoms with E-state index in [-0.39, 0.29) is 31.3 Å². The monoisotopic (exact) mass is 495 g/mol. The summed E-state index contributed by atoms with van der Waals surface area (Å²) in [6.07, 6.45) is 6.39. The summed E-state index contributed by atoms with van der Waals surface area (Å²) >= 11 is 0. The molecule has 1 fully saturated rings. The summed E-state index contributed by atoms with van der Waals surface area (Å²) in [6, 6.07) is 4.85. The highest BCUT2D eigenvalue weighted by molar-refractivity contribution is 5.93. The number of carboxylic acids is 1. The Labute approximate surface area is 206 Å². The van der Waals surface area contributed by atoms with Crippen LogP contribution >= 0.6 is 0 Å². The van der Waals surface area contributed by atoms with Crippen LogP contribution in [0.15, 0.2) is 43.0 Å². The van der Waals surface area contributed by atoms with Crippen molar-refractivity contribution in [2.45, 2.75) is 43.8 Å². The van der Waals surface area contributed by atoms with Gasteiger partial charge in [-0.3, -0.25) is 14.4 Å². The number of aromatic nitrogens is 3. The minimum absolute atomic E-state index is 0.0558. The first-order valence-corrected chi connectivity index (χ1v) is 11.8. The van der Waals surface area contributed by atoms with Crippen LogP contribution in [0.5, 0.6) is 0 Å². The second kappa shape index (κ2) is 11.5. The van der Waals surface area contributed by atoms with Crippen molar-refractivity contribution in [2.75, 3.05) is 13.1 Å². The molecule has 190 valence electrons. The minimum atomic E-state index is -1.22. The molecule has 1 aromatic carbocycles. The highest BCUT2D eigenvalue weighted by Gasteiger charge is 2.28. The highest BCUT2D eigenvalue weighted by atomic mass is 16.4. The third-order valence-corrected chi connectivity index (χ3v) is 6.14. The summed E-state index contributed by atoms with van der Waals surface area (Å²) in [4.78, 5) is 59.7. The molecule has 4 rings (SSSR count). The summed E-state index contributed by atoms with van der Waals surface area (Å²) in [6.45, 7) is 0.446. The van der Waals surface area contributed by atoms with E-state index in [9.17, 15) is 24.3 Å². The van der Waals surface area contributed by atoms with Crippen molar-refractivity contribution in [3.05, 3.63) is 54.2 Å². The third-order valence-electron chi connectivity index (χ3n) is 6.14. The summed E-state index contributed by atoms with van der Waals surface area (Å²) < 4.78 is 0. The number of H-pyrrole nitrogens is 2. The SMILES string of the molecule is O=C(CNC(=O)C1CCCN1)NC(Cc1cnc[nH]1)C(=O)NC(Cc1c[nH]c2ccccc12)C(=O)O. The Balaban J connectivity index is 1.41. The maximum atomic E-state index is 13.1. The van der Waals surface area contributed by atoms with Gasteiger partial charge in [0, 0.05) is 41.8 Å². The van der Waals surface area contributed by atoms with Gasteiger partial charge in [-0.25, -0.2) is 9.78 Å². The van der Waals surface area contributed by atoms with Gasteiger partial charge in [-0.15, -0.1) is 0 Å². The topological polar surface area (TPSA) is 181 Å². The molecular weight excluding hydrogens is 466 g/mol. The number of carbonyl (C=O) groups excluding carboxylic acids is 3. The number of para-hydroxylation sites is 1. The molecule has 2 aromatic heterocycles. The van der Waals surface area contributed by atoms with Gasteiger partial charge in [0.2, 0.25) is 17.7 Å². The third kappa shape index (κ3) is 6.27. The number of aliphatic carboxylic acids is 1. The Bertz CT molecular complexity index is 1220. The van der Waals surface area contributed by atoms with Crippen molar-refractivity contribution >= 4 is 34.6 Å². The summed E-state index contributed by atoms with van der Waals surface area (Å²) in [5, 5.41) is 21.4. The van der Waals surface area contributed by atoms with Crippen LogP contribution in [0.4, 0.5) is 0 Å². The van der Waals surface area contributed by atoms with Crippen LogP contribution in [0.1, 0.15) is 24.1 Å². The first kappa shape index (κ1) is 24.9. The van der Waals surface area contributed by atoms with Crippen molar-refractivity contribution < 1.29 is 24.3 Å². The van der Waals surface area contributed by atoms with Gasteiger partial charge in [-0.1, -0.05) is 18.2 Å². The normalized spacial score (nSPS) is 16.8. The van der Waals surface area contributed by atoms with Crippen molar-refractivity contribution in [3.63, 3.8) is 0 Å². The Morgan fingerprint density at radius 1 is 1.08 bits per heavy atom. The molecule has 3 aromatic rings. The molecule has 3 heterocycles. The molecule has 0 radical (unpaired) electrons. The number of benzene rings is 1. The molecule has 12 heteroatoms. The first-order valence-electron chi connectivity index (χ1n) is 11.8. The van der Waals surface area contributed by atoms with E-state index < -0.39 is 29.9 Å². The Kier molecular flexibility index (Phi) is 7.95. The zero-order valence-electron chi connectivity index (χ0n) is 19.5. The van der Waals surface area contributed by atoms with E-state index in [1.165, 1.54) is 12.5 Å². The second-order valence-electron chi connectivity index (χ2n) is 8.73. The molecule has 1 aliphatic rings. The fraction of sp³-hybridized carbons (Fsp3) is 0.375. The molecule has 36 heavy (non-hydrogen) atoms. The standard InChI is InChI=1S/C24H29N7O5/c32-21(12-28-22(33)18-6-3-7-26-18)30-19(9-15-11-25-13-29-15)23(34)31-20(24(35)36)8-14-10-27-17-5-2-1-4-16(14)17/h1-2,4-5,10-11,13,18-20,26-27H,3,6-9,12H2,(H,25,29)(H,28,33)(H,30,32)(H,31,34)(H,35,36). The largest absolute Gasteiger partial charge is 0.480 e. The predicted octanol–water partition coefficient (Wildman–Crippen LogP) is -0.401. The van der Waals surface area contributed by atoms with Crippen LogP contribution in [-0.4, -0.2) is 75.0 Å². The second-order valence-corrected chi connectivity index (χ2v) is 8.73. The number of rotatable bonds is 11. The number of imidazole rings is 1. The number of carbonyl (C=O) groups is 4. The van der Waals surface area contributed by atoms with E-state index in [1.54, 1.807) is 6.20 Å². The van der Waals surface area contributed by atoms with E-state index in [2.05, 4.69) is 36.2 Å². The molecular formula is C24H29N7O5. The lowest BCUT2D eigenvalue weighted by molar-refractivity contribution is -0.142. The average Bonchev–Trinajstić information content (AvgIpc) is 3.64. The van der Waals surface area contributed by atoms with E-state index in [0.717, 1.165) is 29.4 Å². The van der Waals surface area contributed by atoms with E-state index in [1.807, 2.05) is 24.3 Å². The van der Waals surface area contributed by atoms with Crippen LogP contribution in [0.3, 0.4) is 0 Å². The number of hydrogen-bond acceptors (Lipinski definition) is 6. The number of amides is 3. The lowest BCUT2D eigenvalue weighted by atomic mass is 10.0. The molecule has 3 atom stereocenters. The minimum Gasteiger partial charge on any atom is -0.480 e. The number of fused-ring (bicyclic) bond motifs is 1. The van der Waals surface area contributed by atoms with Crippen LogP contribution < -0.4 is 21.3 Å². The van der Waals surface area contributed by atoms with Crippen LogP contribution in [0.25, 0.3) is 10.9 Å². The van der Waals surface area contributed by atoms with Gasteiger partial charge in [0.25, 0.3) is 0 Å². The Morgan fingerprint density at radius 3 is 2.64 bits per heavy atom. The van der Waals surface area contributed by atoms with Gasteiger partial charge < -0.3 is 36.3 Å². The summed E-state index contributed by atoms with van der Waals surface area (Å²) in [5.74, 6) is -2.70. The van der Waals surface area contributed by atoms with Gasteiger partial charge in [0.15, 0.2) is 0 Å². The average molecular weight is 496 g/mol. The maximum Gasteiger partial charge on any atom is 0.326 e. The van der Waals surface area contributed by atoms with Gasteiger partial charge in [-0.05, 0) is 31.0 Å². The molecule has 0 aliphatic carbocycles. The van der Waals surface area contributed by atoms with Crippen LogP contribution in [-0.2, 0) is 32.0 Å². The predicted molar refractivity (Wildman–Crippen MR) is 130 cm³/mol. The van der Waals surface area contributed by atoms with Gasteiger partial charge in [0.05, 0.1) is 18.9 Å². The number of aromatic amines is 2. The van der Waals surface area contributed by atoms with Crippen molar-refractivity contribution in [3.8, 4) is 0 Å². The molecule has 0 saturated carbocycles. The molecule has 7 N–H and O–H groups in total. The lowest BCUT2D eigenvalue weighted by Gasteiger charge is -2.21. The molecule has 3 unspecified atom stereocenters. The van der Waals surface area contributed by atoms with Crippen molar-refractivity contribution in [1.29, 1.82) is 0 Å². The number of nitrogens with one attached hydrogen (secondary N) is 6. The quantitative estimate of drug-likeness (QED) is 0.189. The van der Waals surface area contributed by atoms with Crippen LogP contribution in [0, 0.1) is 0 Å². The Hall–Kier alpha value is -4.19. The van der Waals surface area contributed by atoms with Gasteiger partial charge >= 0.3 is 5.97 Å². The number of carboxylic acid groups (broad SMARTS) is 1. The molecule has 0 bridgehead atoms. The van der Waals surface area contributed by atoms with Gasteiger partial charge in [0.1, 0.15) is 12.1 Å². The van der Waals surface area contributed by atoms with E-state index in [0.29, 0.717) is 12.1 Å². The van der Waals surface area contributed by atoms with Gasteiger partial charge in [-0.2, -0.15) is 0 Å². The fourth-order valence-electron chi connectivity index (χ4n) is 4.26. The fourth-order valence-corrected chi connectivity index (χ4v) is 4.26.